The summed E-state index contributed by atoms with van der Waals surface area (Å²) in [5.74, 6) is 0.357. The Morgan fingerprint density at radius 2 is 2.20 bits per heavy atom. The van der Waals surface area contributed by atoms with Crippen LogP contribution in [0.25, 0.3) is 11.0 Å². The lowest BCUT2D eigenvalue weighted by Gasteiger charge is -2.14. The second kappa shape index (κ2) is 5.51. The summed E-state index contributed by atoms with van der Waals surface area (Å²) in [5.41, 5.74) is 1.27. The van der Waals surface area contributed by atoms with Crippen LogP contribution in [0.15, 0.2) is 51.7 Å². The molecule has 20 heavy (non-hydrogen) atoms. The highest BCUT2D eigenvalue weighted by Crippen LogP contribution is 2.29. The van der Waals surface area contributed by atoms with Crippen LogP contribution in [0.5, 0.6) is 0 Å². The fourth-order valence-corrected chi connectivity index (χ4v) is 2.30. The van der Waals surface area contributed by atoms with Gasteiger partial charge in [-0.25, -0.2) is 4.39 Å². The predicted octanol–water partition coefficient (Wildman–Crippen LogP) is 4.25. The number of benzene rings is 1. The van der Waals surface area contributed by atoms with Gasteiger partial charge in [0.2, 0.25) is 0 Å². The maximum Gasteiger partial charge on any atom is 0.169 e. The van der Waals surface area contributed by atoms with Gasteiger partial charge in [0.15, 0.2) is 11.4 Å². The van der Waals surface area contributed by atoms with E-state index < -0.39 is 0 Å². The molecule has 0 fully saturated rings. The van der Waals surface area contributed by atoms with Crippen molar-refractivity contribution >= 4 is 11.0 Å². The van der Waals surface area contributed by atoms with E-state index in [0.717, 1.165) is 23.9 Å². The van der Waals surface area contributed by atoms with Crippen molar-refractivity contribution in [1.29, 1.82) is 0 Å². The first-order chi connectivity index (χ1) is 9.79. The molecule has 0 saturated carbocycles. The summed E-state index contributed by atoms with van der Waals surface area (Å²) in [6.07, 6.45) is 4.30. The number of hydrogen-bond donors (Lipinski definition) is 1. The van der Waals surface area contributed by atoms with Gasteiger partial charge in [-0.15, -0.1) is 0 Å². The molecule has 104 valence electrons. The van der Waals surface area contributed by atoms with Gasteiger partial charge in [0, 0.05) is 10.9 Å². The maximum atomic E-state index is 13.7. The molecule has 0 saturated heterocycles. The standard InChI is InChI=1S/C16H16FNO2/c1-2-7-18-15(12-6-8-19-10-12)14-9-11-4-3-5-13(17)16(11)20-14/h3-6,8-10,15,18H,2,7H2,1H3. The van der Waals surface area contributed by atoms with Gasteiger partial charge in [0.25, 0.3) is 0 Å². The molecule has 4 heteroatoms. The fourth-order valence-electron chi connectivity index (χ4n) is 2.30. The van der Waals surface area contributed by atoms with E-state index in [1.165, 1.54) is 6.07 Å². The summed E-state index contributed by atoms with van der Waals surface area (Å²) >= 11 is 0. The highest BCUT2D eigenvalue weighted by atomic mass is 19.1. The molecule has 0 aliphatic heterocycles. The zero-order valence-electron chi connectivity index (χ0n) is 11.2. The molecule has 1 aromatic carbocycles. The van der Waals surface area contributed by atoms with E-state index in [9.17, 15) is 4.39 Å². The van der Waals surface area contributed by atoms with Crippen molar-refractivity contribution in [1.82, 2.24) is 5.32 Å². The SMILES string of the molecule is CCCNC(c1ccoc1)c1cc2cccc(F)c2o1. The minimum absolute atomic E-state index is 0.125. The van der Waals surface area contributed by atoms with Crippen LogP contribution in [0.3, 0.4) is 0 Å². The highest BCUT2D eigenvalue weighted by Gasteiger charge is 2.19. The molecular weight excluding hydrogens is 257 g/mol. The van der Waals surface area contributed by atoms with E-state index in [1.54, 1.807) is 18.6 Å². The van der Waals surface area contributed by atoms with Gasteiger partial charge in [-0.1, -0.05) is 19.1 Å². The van der Waals surface area contributed by atoms with E-state index in [-0.39, 0.29) is 11.9 Å². The molecule has 3 nitrogen and oxygen atoms in total. The molecule has 1 atom stereocenters. The molecule has 3 rings (SSSR count). The van der Waals surface area contributed by atoms with Crippen molar-refractivity contribution in [3.8, 4) is 0 Å². The van der Waals surface area contributed by atoms with Crippen molar-refractivity contribution in [3.63, 3.8) is 0 Å². The topological polar surface area (TPSA) is 38.3 Å². The Morgan fingerprint density at radius 3 is 2.90 bits per heavy atom. The van der Waals surface area contributed by atoms with E-state index in [4.69, 9.17) is 8.83 Å². The second-order valence-corrected chi connectivity index (χ2v) is 4.75. The van der Waals surface area contributed by atoms with E-state index in [1.807, 2.05) is 18.2 Å². The number of furan rings is 2. The third-order valence-electron chi connectivity index (χ3n) is 3.27. The minimum atomic E-state index is -0.338. The molecular formula is C16H16FNO2. The Hall–Kier alpha value is -2.07. The van der Waals surface area contributed by atoms with Crippen LogP contribution in [0.4, 0.5) is 4.39 Å². The molecule has 0 amide bonds. The van der Waals surface area contributed by atoms with Crippen LogP contribution in [0.1, 0.15) is 30.7 Å². The molecule has 0 spiro atoms. The predicted molar refractivity (Wildman–Crippen MR) is 75.0 cm³/mol. The summed E-state index contributed by atoms with van der Waals surface area (Å²) in [5, 5.41) is 4.16. The molecule has 2 aromatic heterocycles. The van der Waals surface area contributed by atoms with Crippen molar-refractivity contribution in [2.45, 2.75) is 19.4 Å². The first kappa shape index (κ1) is 12.9. The van der Waals surface area contributed by atoms with Gasteiger partial charge in [0.05, 0.1) is 18.6 Å². The van der Waals surface area contributed by atoms with Crippen LogP contribution in [0.2, 0.25) is 0 Å². The van der Waals surface area contributed by atoms with Crippen LogP contribution < -0.4 is 5.32 Å². The lowest BCUT2D eigenvalue weighted by Crippen LogP contribution is -2.22. The molecule has 3 aromatic rings. The molecule has 0 aliphatic rings. The van der Waals surface area contributed by atoms with Gasteiger partial charge < -0.3 is 14.2 Å². The molecule has 0 radical (unpaired) electrons. The smallest absolute Gasteiger partial charge is 0.169 e. The normalized spacial score (nSPS) is 12.9. The van der Waals surface area contributed by atoms with E-state index in [2.05, 4.69) is 12.2 Å². The molecule has 0 aliphatic carbocycles. The number of para-hydroxylation sites is 1. The van der Waals surface area contributed by atoms with Crippen molar-refractivity contribution < 1.29 is 13.2 Å². The quantitative estimate of drug-likeness (QED) is 0.755. The third kappa shape index (κ3) is 2.34. The molecule has 1 N–H and O–H groups in total. The van der Waals surface area contributed by atoms with E-state index >= 15 is 0 Å². The van der Waals surface area contributed by atoms with Gasteiger partial charge >= 0.3 is 0 Å². The zero-order valence-corrected chi connectivity index (χ0v) is 11.2. The van der Waals surface area contributed by atoms with Gasteiger partial charge in [-0.3, -0.25) is 0 Å². The first-order valence-electron chi connectivity index (χ1n) is 6.73. The number of fused-ring (bicyclic) bond motifs is 1. The first-order valence-corrected chi connectivity index (χ1v) is 6.73. The number of nitrogens with one attached hydrogen (secondary N) is 1. The zero-order chi connectivity index (χ0) is 13.9. The Morgan fingerprint density at radius 1 is 1.30 bits per heavy atom. The Bertz CT molecular complexity index is 688. The van der Waals surface area contributed by atoms with Crippen LogP contribution in [-0.2, 0) is 0 Å². The van der Waals surface area contributed by atoms with Crippen LogP contribution in [-0.4, -0.2) is 6.54 Å². The summed E-state index contributed by atoms with van der Waals surface area (Å²) < 4.78 is 24.6. The summed E-state index contributed by atoms with van der Waals surface area (Å²) in [4.78, 5) is 0. The summed E-state index contributed by atoms with van der Waals surface area (Å²) in [6, 6.07) is 8.57. The largest absolute Gasteiger partial charge is 0.472 e. The van der Waals surface area contributed by atoms with Gasteiger partial charge in [-0.05, 0) is 31.2 Å². The average molecular weight is 273 g/mol. The average Bonchev–Trinajstić information content (AvgIpc) is 3.09. The monoisotopic (exact) mass is 273 g/mol. The Balaban J connectivity index is 2.02. The molecule has 2 heterocycles. The number of halogens is 1. The third-order valence-corrected chi connectivity index (χ3v) is 3.27. The lowest BCUT2D eigenvalue weighted by molar-refractivity contribution is 0.455. The summed E-state index contributed by atoms with van der Waals surface area (Å²) in [6.45, 7) is 2.94. The second-order valence-electron chi connectivity index (χ2n) is 4.75. The van der Waals surface area contributed by atoms with Crippen molar-refractivity contribution in [3.05, 3.63) is 60.0 Å². The molecule has 0 bridgehead atoms. The van der Waals surface area contributed by atoms with Crippen molar-refractivity contribution in [2.75, 3.05) is 6.54 Å². The van der Waals surface area contributed by atoms with E-state index in [0.29, 0.717) is 11.3 Å². The Labute approximate surface area is 116 Å². The highest BCUT2D eigenvalue weighted by molar-refractivity contribution is 5.78. The molecule has 1 unspecified atom stereocenters. The van der Waals surface area contributed by atoms with Gasteiger partial charge in [-0.2, -0.15) is 0 Å². The number of hydrogen-bond acceptors (Lipinski definition) is 3. The Kier molecular flexibility index (Phi) is 3.56. The minimum Gasteiger partial charge on any atom is -0.472 e. The number of rotatable bonds is 5. The summed E-state index contributed by atoms with van der Waals surface area (Å²) in [7, 11) is 0. The maximum absolute atomic E-state index is 13.7. The van der Waals surface area contributed by atoms with Crippen LogP contribution >= 0.6 is 0 Å². The van der Waals surface area contributed by atoms with Gasteiger partial charge in [0.1, 0.15) is 5.76 Å². The fraction of sp³-hybridized carbons (Fsp3) is 0.250. The van der Waals surface area contributed by atoms with Crippen LogP contribution in [0, 0.1) is 5.82 Å². The van der Waals surface area contributed by atoms with Crippen molar-refractivity contribution in [2.24, 2.45) is 0 Å². The lowest BCUT2D eigenvalue weighted by atomic mass is 10.1.